The highest BCUT2D eigenvalue weighted by atomic mass is 127. The van der Waals surface area contributed by atoms with Crippen LogP contribution >= 0.6 is 45.2 Å². The number of phenols is 1. The van der Waals surface area contributed by atoms with Crippen molar-refractivity contribution in [3.8, 4) is 5.75 Å². The quantitative estimate of drug-likeness (QED) is 0.535. The molecular formula is C19H27I2N3O2. The van der Waals surface area contributed by atoms with E-state index in [1.165, 1.54) is 19.3 Å². The lowest BCUT2D eigenvalue weighted by molar-refractivity contribution is 0.0138. The predicted molar refractivity (Wildman–Crippen MR) is 121 cm³/mol. The molecule has 2 N–H and O–H groups in total. The molecule has 26 heavy (non-hydrogen) atoms. The van der Waals surface area contributed by atoms with E-state index in [9.17, 15) is 9.90 Å². The summed E-state index contributed by atoms with van der Waals surface area (Å²) >= 11 is 4.26. The lowest BCUT2D eigenvalue weighted by atomic mass is 9.79. The van der Waals surface area contributed by atoms with Gasteiger partial charge in [0.2, 0.25) is 0 Å². The molecule has 0 unspecified atom stereocenters. The molecule has 0 atom stereocenters. The second-order valence-corrected chi connectivity index (χ2v) is 9.95. The van der Waals surface area contributed by atoms with Gasteiger partial charge in [-0.05, 0) is 77.2 Å². The number of hydrogen-bond acceptors (Lipinski definition) is 4. The Balaban J connectivity index is 1.73. The van der Waals surface area contributed by atoms with Gasteiger partial charge in [-0.2, -0.15) is 0 Å². The maximum Gasteiger partial charge on any atom is 0.255 e. The Morgan fingerprint density at radius 2 is 1.81 bits per heavy atom. The highest BCUT2D eigenvalue weighted by Crippen LogP contribution is 2.34. The van der Waals surface area contributed by atoms with Gasteiger partial charge in [-0.15, -0.1) is 0 Å². The SMILES string of the molecule is CN1CCN(C2(CNC(=O)c3cc(I)cc(I)c3O)CCCCC2)CC1. The number of nitrogens with zero attached hydrogens (tertiary/aromatic N) is 2. The zero-order valence-electron chi connectivity index (χ0n) is 15.2. The van der Waals surface area contributed by atoms with E-state index in [2.05, 4.69) is 67.3 Å². The van der Waals surface area contributed by atoms with Crippen LogP contribution in [0.4, 0.5) is 0 Å². The molecule has 144 valence electrons. The molecule has 0 radical (unpaired) electrons. The Morgan fingerprint density at radius 1 is 1.15 bits per heavy atom. The maximum absolute atomic E-state index is 12.8. The number of carbonyl (C=O) groups excluding carboxylic acids is 1. The van der Waals surface area contributed by atoms with E-state index < -0.39 is 0 Å². The molecule has 5 nitrogen and oxygen atoms in total. The zero-order chi connectivity index (χ0) is 18.7. The van der Waals surface area contributed by atoms with Crippen LogP contribution in [0.1, 0.15) is 42.5 Å². The van der Waals surface area contributed by atoms with Crippen molar-refractivity contribution < 1.29 is 9.90 Å². The van der Waals surface area contributed by atoms with Gasteiger partial charge in [-0.1, -0.05) is 19.3 Å². The van der Waals surface area contributed by atoms with Crippen LogP contribution in [-0.2, 0) is 0 Å². The van der Waals surface area contributed by atoms with Gasteiger partial charge in [0.15, 0.2) is 0 Å². The average Bonchev–Trinajstić information content (AvgIpc) is 2.64. The number of piperazine rings is 1. The summed E-state index contributed by atoms with van der Waals surface area (Å²) in [6, 6.07) is 3.64. The first-order valence-corrected chi connectivity index (χ1v) is 11.5. The number of rotatable bonds is 4. The number of amides is 1. The minimum Gasteiger partial charge on any atom is -0.506 e. The molecule has 0 spiro atoms. The topological polar surface area (TPSA) is 55.8 Å². The van der Waals surface area contributed by atoms with Crippen molar-refractivity contribution in [2.75, 3.05) is 39.8 Å². The van der Waals surface area contributed by atoms with Gasteiger partial charge in [0, 0.05) is 41.8 Å². The van der Waals surface area contributed by atoms with Crippen LogP contribution in [-0.4, -0.2) is 66.1 Å². The second-order valence-electron chi connectivity index (χ2n) is 7.54. The smallest absolute Gasteiger partial charge is 0.255 e. The van der Waals surface area contributed by atoms with E-state index in [1.54, 1.807) is 6.07 Å². The molecule has 1 aromatic carbocycles. The third-order valence-corrected chi connectivity index (χ3v) is 7.25. The van der Waals surface area contributed by atoms with Crippen molar-refractivity contribution >= 4 is 51.1 Å². The molecule has 1 aliphatic heterocycles. The number of aromatic hydroxyl groups is 1. The van der Waals surface area contributed by atoms with Crippen molar-refractivity contribution in [1.29, 1.82) is 0 Å². The number of halogens is 2. The molecule has 1 amide bonds. The van der Waals surface area contributed by atoms with E-state index in [0.29, 0.717) is 15.7 Å². The largest absolute Gasteiger partial charge is 0.506 e. The van der Waals surface area contributed by atoms with Crippen LogP contribution < -0.4 is 5.32 Å². The first kappa shape index (κ1) is 20.6. The van der Waals surface area contributed by atoms with Crippen molar-refractivity contribution in [3.05, 3.63) is 24.8 Å². The molecule has 7 heteroatoms. The molecule has 2 fully saturated rings. The molecular weight excluding hydrogens is 556 g/mol. The summed E-state index contributed by atoms with van der Waals surface area (Å²) in [7, 11) is 2.17. The first-order valence-electron chi connectivity index (χ1n) is 9.31. The minimum atomic E-state index is -0.169. The first-order chi connectivity index (χ1) is 12.4. The third-order valence-electron chi connectivity index (χ3n) is 5.81. The molecule has 2 aliphatic rings. The summed E-state index contributed by atoms with van der Waals surface area (Å²) in [6.45, 7) is 4.98. The Kier molecular flexibility index (Phi) is 7.06. The van der Waals surface area contributed by atoms with Crippen LogP contribution in [0.5, 0.6) is 5.75 Å². The number of nitrogens with one attached hydrogen (secondary N) is 1. The molecule has 1 saturated heterocycles. The normalized spacial score (nSPS) is 21.5. The number of carbonyl (C=O) groups is 1. The van der Waals surface area contributed by atoms with Gasteiger partial charge >= 0.3 is 0 Å². The van der Waals surface area contributed by atoms with Crippen LogP contribution in [0.3, 0.4) is 0 Å². The van der Waals surface area contributed by atoms with E-state index in [0.717, 1.165) is 42.6 Å². The van der Waals surface area contributed by atoms with Gasteiger partial charge in [0.1, 0.15) is 5.75 Å². The molecule has 1 aliphatic carbocycles. The minimum absolute atomic E-state index is 0.0693. The van der Waals surface area contributed by atoms with Gasteiger partial charge in [-0.3, -0.25) is 9.69 Å². The Hall–Kier alpha value is -0.130. The van der Waals surface area contributed by atoms with E-state index in [-0.39, 0.29) is 17.2 Å². The number of benzene rings is 1. The van der Waals surface area contributed by atoms with Crippen LogP contribution in [0.2, 0.25) is 0 Å². The van der Waals surface area contributed by atoms with Gasteiger partial charge in [-0.25, -0.2) is 0 Å². The Morgan fingerprint density at radius 3 is 2.46 bits per heavy atom. The second kappa shape index (κ2) is 8.91. The Bertz CT molecular complexity index is 654. The van der Waals surface area contributed by atoms with Gasteiger partial charge in [0.25, 0.3) is 5.91 Å². The molecule has 1 saturated carbocycles. The van der Waals surface area contributed by atoms with Crippen molar-refractivity contribution in [2.24, 2.45) is 0 Å². The highest BCUT2D eigenvalue weighted by Gasteiger charge is 2.39. The molecule has 0 aromatic heterocycles. The predicted octanol–water partition coefficient (Wildman–Crippen LogP) is 3.28. The number of hydrogen-bond donors (Lipinski definition) is 2. The molecule has 0 bridgehead atoms. The summed E-state index contributed by atoms with van der Waals surface area (Å²) in [5.74, 6) is -0.0844. The fraction of sp³-hybridized carbons (Fsp3) is 0.632. The molecule has 3 rings (SSSR count). The summed E-state index contributed by atoms with van der Waals surface area (Å²) in [4.78, 5) is 17.8. The van der Waals surface area contributed by atoms with E-state index in [1.807, 2.05) is 6.07 Å². The van der Waals surface area contributed by atoms with E-state index in [4.69, 9.17) is 0 Å². The standard InChI is InChI=1S/C19H27I2N3O2/c1-23-7-9-24(10-8-23)19(5-3-2-4-6-19)13-22-18(26)15-11-14(20)12-16(21)17(15)25/h11-12,25H,2-10,13H2,1H3,(H,22,26). The lowest BCUT2D eigenvalue weighted by Gasteiger charge is -2.49. The summed E-state index contributed by atoms with van der Waals surface area (Å²) in [5, 5.41) is 13.4. The number of phenolic OH excluding ortho intramolecular Hbond substituents is 1. The van der Waals surface area contributed by atoms with Crippen LogP contribution in [0.15, 0.2) is 12.1 Å². The number of likely N-dealkylation sites (N-methyl/N-ethyl adjacent to an activating group) is 1. The monoisotopic (exact) mass is 583 g/mol. The lowest BCUT2D eigenvalue weighted by Crippen LogP contribution is -2.61. The van der Waals surface area contributed by atoms with Crippen LogP contribution in [0.25, 0.3) is 0 Å². The molecule has 1 heterocycles. The van der Waals surface area contributed by atoms with Crippen molar-refractivity contribution in [3.63, 3.8) is 0 Å². The highest BCUT2D eigenvalue weighted by molar-refractivity contribution is 14.1. The average molecular weight is 583 g/mol. The fourth-order valence-corrected chi connectivity index (χ4v) is 6.02. The maximum atomic E-state index is 12.8. The summed E-state index contributed by atoms with van der Waals surface area (Å²) in [6.07, 6.45) is 6.04. The van der Waals surface area contributed by atoms with Gasteiger partial charge in [0.05, 0.1) is 9.13 Å². The van der Waals surface area contributed by atoms with Crippen LogP contribution in [0, 0.1) is 7.14 Å². The summed E-state index contributed by atoms with van der Waals surface area (Å²) in [5.41, 5.74) is 0.450. The third kappa shape index (κ3) is 4.64. The summed E-state index contributed by atoms with van der Waals surface area (Å²) < 4.78 is 1.67. The van der Waals surface area contributed by atoms with E-state index >= 15 is 0 Å². The fourth-order valence-electron chi connectivity index (χ4n) is 4.17. The van der Waals surface area contributed by atoms with Gasteiger partial charge < -0.3 is 15.3 Å². The van der Waals surface area contributed by atoms with Crippen molar-refractivity contribution in [1.82, 2.24) is 15.1 Å². The zero-order valence-corrected chi connectivity index (χ0v) is 19.5. The van der Waals surface area contributed by atoms with Crippen molar-refractivity contribution in [2.45, 2.75) is 37.6 Å². The Labute approximate surface area is 183 Å². The molecule has 1 aromatic rings.